The molecule has 1 N–H and O–H groups in total. The predicted octanol–water partition coefficient (Wildman–Crippen LogP) is 1.02. The quantitative estimate of drug-likeness (QED) is 0.621. The van der Waals surface area contributed by atoms with Gasteiger partial charge in [0.25, 0.3) is 5.91 Å². The standard InChI is InChI=1S/C21H31N5O6S/c1-4-16-5-7-21(8-6-16)19(28)26(20(29)22-21)13-17(27)24-9-11-25(12-10-24)33(30,31)18-14(2)23-32-15(18)3/h16H,4-13H2,1-3H3,(H,22,29). The van der Waals surface area contributed by atoms with Crippen molar-refractivity contribution < 1.29 is 27.3 Å². The first-order valence-corrected chi connectivity index (χ1v) is 12.9. The number of sulfonamides is 1. The second-order valence-electron chi connectivity index (χ2n) is 9.19. The maximum absolute atomic E-state index is 13.1. The number of carbonyl (C=O) groups excluding carboxylic acids is 3. The summed E-state index contributed by atoms with van der Waals surface area (Å²) in [5.74, 6) is 0.0997. The molecule has 0 radical (unpaired) electrons. The van der Waals surface area contributed by atoms with Gasteiger partial charge in [-0.1, -0.05) is 18.5 Å². The van der Waals surface area contributed by atoms with E-state index in [9.17, 15) is 22.8 Å². The SMILES string of the molecule is CCC1CCC2(CC1)NC(=O)N(CC(=O)N1CCN(S(=O)(=O)c3c(C)noc3C)CC1)C2=O. The topological polar surface area (TPSA) is 133 Å². The Morgan fingerprint density at radius 2 is 1.79 bits per heavy atom. The lowest BCUT2D eigenvalue weighted by molar-refractivity contribution is -0.140. The molecule has 0 unspecified atom stereocenters. The van der Waals surface area contributed by atoms with Crippen LogP contribution in [0.2, 0.25) is 0 Å². The molecule has 1 spiro atoms. The number of hydrogen-bond acceptors (Lipinski definition) is 7. The van der Waals surface area contributed by atoms with E-state index in [1.54, 1.807) is 13.8 Å². The minimum absolute atomic E-state index is 0.0599. The van der Waals surface area contributed by atoms with Gasteiger partial charge in [-0.25, -0.2) is 13.2 Å². The number of hydrogen-bond donors (Lipinski definition) is 1. The van der Waals surface area contributed by atoms with E-state index in [0.29, 0.717) is 24.5 Å². The van der Waals surface area contributed by atoms with Crippen molar-refractivity contribution in [1.29, 1.82) is 0 Å². The fourth-order valence-electron chi connectivity index (χ4n) is 5.12. The van der Waals surface area contributed by atoms with E-state index in [1.165, 1.54) is 9.21 Å². The van der Waals surface area contributed by atoms with Crippen molar-refractivity contribution in [3.05, 3.63) is 11.5 Å². The normalized spacial score (nSPS) is 26.8. The molecule has 2 aliphatic heterocycles. The van der Waals surface area contributed by atoms with E-state index in [2.05, 4.69) is 17.4 Å². The number of imide groups is 1. The van der Waals surface area contributed by atoms with Gasteiger partial charge >= 0.3 is 6.03 Å². The third-order valence-electron chi connectivity index (χ3n) is 7.23. The van der Waals surface area contributed by atoms with Crippen LogP contribution in [0.5, 0.6) is 0 Å². The van der Waals surface area contributed by atoms with Crippen LogP contribution in [0.1, 0.15) is 50.5 Å². The predicted molar refractivity (Wildman–Crippen MR) is 117 cm³/mol. The van der Waals surface area contributed by atoms with Crippen molar-refractivity contribution in [2.45, 2.75) is 63.3 Å². The summed E-state index contributed by atoms with van der Waals surface area (Å²) in [7, 11) is -3.78. The molecule has 1 aromatic rings. The van der Waals surface area contributed by atoms with E-state index in [0.717, 1.165) is 24.2 Å². The number of nitrogens with zero attached hydrogens (tertiary/aromatic N) is 4. The van der Waals surface area contributed by atoms with E-state index in [4.69, 9.17) is 4.52 Å². The van der Waals surface area contributed by atoms with Crippen LogP contribution >= 0.6 is 0 Å². The molecule has 33 heavy (non-hydrogen) atoms. The van der Waals surface area contributed by atoms with Gasteiger partial charge in [0.2, 0.25) is 15.9 Å². The molecular formula is C21H31N5O6S. The number of aromatic nitrogens is 1. The average molecular weight is 482 g/mol. The average Bonchev–Trinajstić information content (AvgIpc) is 3.25. The highest BCUT2D eigenvalue weighted by atomic mass is 32.2. The van der Waals surface area contributed by atoms with Crippen LogP contribution in [0.15, 0.2) is 9.42 Å². The van der Waals surface area contributed by atoms with Gasteiger partial charge in [-0.15, -0.1) is 0 Å². The molecular weight excluding hydrogens is 450 g/mol. The fourth-order valence-corrected chi connectivity index (χ4v) is 6.84. The molecule has 0 bridgehead atoms. The van der Waals surface area contributed by atoms with Crippen molar-refractivity contribution >= 4 is 27.9 Å². The van der Waals surface area contributed by atoms with Gasteiger partial charge in [0.1, 0.15) is 22.7 Å². The van der Waals surface area contributed by atoms with Crippen molar-refractivity contribution in [2.24, 2.45) is 5.92 Å². The molecule has 0 atom stereocenters. The van der Waals surface area contributed by atoms with Crippen molar-refractivity contribution in [2.75, 3.05) is 32.7 Å². The van der Waals surface area contributed by atoms with E-state index < -0.39 is 21.6 Å². The highest BCUT2D eigenvalue weighted by Crippen LogP contribution is 2.37. The first kappa shape index (κ1) is 23.7. The summed E-state index contributed by atoms with van der Waals surface area (Å²) in [5, 5.41) is 6.56. The van der Waals surface area contributed by atoms with Crippen LogP contribution in [0.25, 0.3) is 0 Å². The summed E-state index contributed by atoms with van der Waals surface area (Å²) in [6.07, 6.45) is 4.01. The highest BCUT2D eigenvalue weighted by molar-refractivity contribution is 7.89. The Morgan fingerprint density at radius 1 is 1.15 bits per heavy atom. The fraction of sp³-hybridized carbons (Fsp3) is 0.714. The zero-order valence-corrected chi connectivity index (χ0v) is 20.1. The van der Waals surface area contributed by atoms with Crippen LogP contribution < -0.4 is 5.32 Å². The Hall–Kier alpha value is -2.47. The molecule has 1 aliphatic carbocycles. The molecule has 4 amide bonds. The molecule has 4 rings (SSSR count). The summed E-state index contributed by atoms with van der Waals surface area (Å²) in [5.41, 5.74) is -0.587. The van der Waals surface area contributed by atoms with Gasteiger partial charge in [0, 0.05) is 26.2 Å². The second-order valence-corrected chi connectivity index (χ2v) is 11.1. The van der Waals surface area contributed by atoms with Crippen LogP contribution in [0, 0.1) is 19.8 Å². The number of amides is 4. The molecule has 12 heteroatoms. The van der Waals surface area contributed by atoms with E-state index in [1.807, 2.05) is 0 Å². The Bertz CT molecular complexity index is 1030. The zero-order valence-electron chi connectivity index (χ0n) is 19.3. The number of urea groups is 1. The summed E-state index contributed by atoms with van der Waals surface area (Å²) < 4.78 is 32.2. The maximum Gasteiger partial charge on any atom is 0.325 e. The summed E-state index contributed by atoms with van der Waals surface area (Å²) in [6.45, 7) is 5.49. The third-order valence-corrected chi connectivity index (χ3v) is 9.38. The molecule has 1 saturated carbocycles. The van der Waals surface area contributed by atoms with Crippen molar-refractivity contribution in [3.8, 4) is 0 Å². The minimum Gasteiger partial charge on any atom is -0.360 e. The Labute approximate surface area is 193 Å². The summed E-state index contributed by atoms with van der Waals surface area (Å²) in [6, 6.07) is -0.525. The minimum atomic E-state index is -3.78. The van der Waals surface area contributed by atoms with Crippen LogP contribution in [-0.4, -0.2) is 83.8 Å². The van der Waals surface area contributed by atoms with Gasteiger partial charge in [-0.2, -0.15) is 4.31 Å². The first-order chi connectivity index (χ1) is 15.6. The highest BCUT2D eigenvalue weighted by Gasteiger charge is 2.52. The molecule has 11 nitrogen and oxygen atoms in total. The number of rotatable bonds is 5. The zero-order chi connectivity index (χ0) is 24.0. The Morgan fingerprint density at radius 3 is 2.33 bits per heavy atom. The summed E-state index contributed by atoms with van der Waals surface area (Å²) in [4.78, 5) is 41.0. The van der Waals surface area contributed by atoms with Gasteiger partial charge in [0.05, 0.1) is 0 Å². The number of aryl methyl sites for hydroxylation is 2. The van der Waals surface area contributed by atoms with Gasteiger partial charge in [0.15, 0.2) is 5.76 Å². The van der Waals surface area contributed by atoms with Crippen LogP contribution in [-0.2, 0) is 19.6 Å². The summed E-state index contributed by atoms with van der Waals surface area (Å²) >= 11 is 0. The Balaban J connectivity index is 1.36. The monoisotopic (exact) mass is 481 g/mol. The second kappa shape index (κ2) is 8.71. The van der Waals surface area contributed by atoms with Crippen LogP contribution in [0.4, 0.5) is 4.79 Å². The van der Waals surface area contributed by atoms with Crippen molar-refractivity contribution in [1.82, 2.24) is 24.6 Å². The largest absolute Gasteiger partial charge is 0.360 e. The first-order valence-electron chi connectivity index (χ1n) is 11.4. The lowest BCUT2D eigenvalue weighted by Crippen LogP contribution is -2.53. The Kier molecular flexibility index (Phi) is 6.25. The lowest BCUT2D eigenvalue weighted by Gasteiger charge is -2.35. The molecule has 3 heterocycles. The third kappa shape index (κ3) is 4.14. The smallest absolute Gasteiger partial charge is 0.325 e. The number of nitrogens with one attached hydrogen (secondary N) is 1. The van der Waals surface area contributed by atoms with Gasteiger partial charge in [-0.3, -0.25) is 14.5 Å². The molecule has 182 valence electrons. The maximum atomic E-state index is 13.1. The van der Waals surface area contributed by atoms with Gasteiger partial charge < -0.3 is 14.7 Å². The van der Waals surface area contributed by atoms with Gasteiger partial charge in [-0.05, 0) is 45.4 Å². The van der Waals surface area contributed by atoms with E-state index in [-0.39, 0.29) is 55.2 Å². The number of carbonyl (C=O) groups is 3. The molecule has 3 fully saturated rings. The molecule has 0 aromatic carbocycles. The molecule has 2 saturated heterocycles. The number of piperazine rings is 1. The van der Waals surface area contributed by atoms with Crippen LogP contribution in [0.3, 0.4) is 0 Å². The lowest BCUT2D eigenvalue weighted by atomic mass is 9.75. The molecule has 1 aromatic heterocycles. The van der Waals surface area contributed by atoms with Crippen molar-refractivity contribution in [3.63, 3.8) is 0 Å². The van der Waals surface area contributed by atoms with E-state index >= 15 is 0 Å². The molecule has 3 aliphatic rings.